The normalized spacial score (nSPS) is 13.6. The lowest BCUT2D eigenvalue weighted by Crippen LogP contribution is -2.06. The Labute approximate surface area is 92.6 Å². The number of rotatable bonds is 8. The van der Waals surface area contributed by atoms with Crippen LogP contribution in [0.15, 0.2) is 0 Å². The highest BCUT2D eigenvalue weighted by molar-refractivity contribution is 9.09. The van der Waals surface area contributed by atoms with Crippen molar-refractivity contribution in [3.63, 3.8) is 0 Å². The van der Waals surface area contributed by atoms with E-state index in [1.165, 1.54) is 44.9 Å². The molecule has 0 aromatic carbocycles. The van der Waals surface area contributed by atoms with Gasteiger partial charge in [0.15, 0.2) is 0 Å². The fraction of sp³-hybridized carbons (Fsp3) is 1.00. The average molecular weight is 249 g/mol. The van der Waals surface area contributed by atoms with E-state index in [0.29, 0.717) is 0 Å². The molecule has 0 radical (unpaired) electrons. The molecule has 0 aromatic rings. The fourth-order valence-electron chi connectivity index (χ4n) is 1.45. The molecule has 0 aliphatic rings. The van der Waals surface area contributed by atoms with Crippen LogP contribution in [0.4, 0.5) is 0 Å². The number of alkyl halides is 1. The molecule has 0 rings (SSSR count). The summed E-state index contributed by atoms with van der Waals surface area (Å²) in [7, 11) is 0. The molecule has 1 atom stereocenters. The van der Waals surface area contributed by atoms with Crippen molar-refractivity contribution in [2.24, 2.45) is 5.92 Å². The van der Waals surface area contributed by atoms with E-state index < -0.39 is 0 Å². The Morgan fingerprint density at radius 1 is 0.923 bits per heavy atom. The highest BCUT2D eigenvalue weighted by Crippen LogP contribution is 2.19. The molecule has 0 saturated carbocycles. The predicted octanol–water partition coefficient (Wildman–Crippen LogP) is 5.16. The van der Waals surface area contributed by atoms with Crippen molar-refractivity contribution in [3.05, 3.63) is 0 Å². The molecule has 0 nitrogen and oxygen atoms in total. The largest absolute Gasteiger partial charge is 0.0888 e. The van der Waals surface area contributed by atoms with Gasteiger partial charge in [-0.2, -0.15) is 0 Å². The minimum Gasteiger partial charge on any atom is -0.0888 e. The van der Waals surface area contributed by atoms with Crippen molar-refractivity contribution in [3.8, 4) is 0 Å². The molecule has 13 heavy (non-hydrogen) atoms. The molecule has 0 fully saturated rings. The Morgan fingerprint density at radius 2 is 1.46 bits per heavy atom. The van der Waals surface area contributed by atoms with Gasteiger partial charge in [-0.1, -0.05) is 75.2 Å². The summed E-state index contributed by atoms with van der Waals surface area (Å²) in [5.41, 5.74) is 0. The first-order valence-electron chi connectivity index (χ1n) is 5.82. The monoisotopic (exact) mass is 248 g/mol. The molecule has 0 bridgehead atoms. The zero-order chi connectivity index (χ0) is 10.1. The van der Waals surface area contributed by atoms with Crippen LogP contribution in [-0.2, 0) is 0 Å². The predicted molar refractivity (Wildman–Crippen MR) is 65.5 cm³/mol. The van der Waals surface area contributed by atoms with Crippen LogP contribution in [0.25, 0.3) is 0 Å². The molecule has 0 amide bonds. The Bertz CT molecular complexity index is 99.3. The van der Waals surface area contributed by atoms with Crippen molar-refractivity contribution in [1.82, 2.24) is 0 Å². The molecule has 1 unspecified atom stereocenters. The van der Waals surface area contributed by atoms with Gasteiger partial charge in [0, 0.05) is 4.83 Å². The van der Waals surface area contributed by atoms with Gasteiger partial charge in [0.05, 0.1) is 0 Å². The average Bonchev–Trinajstić information content (AvgIpc) is 2.10. The van der Waals surface area contributed by atoms with Crippen LogP contribution >= 0.6 is 15.9 Å². The second-order valence-corrected chi connectivity index (χ2v) is 5.49. The topological polar surface area (TPSA) is 0 Å². The van der Waals surface area contributed by atoms with Crippen molar-refractivity contribution in [1.29, 1.82) is 0 Å². The third kappa shape index (κ3) is 8.80. The number of hydrogen-bond acceptors (Lipinski definition) is 0. The maximum atomic E-state index is 3.73. The molecule has 0 spiro atoms. The second kappa shape index (κ2) is 9.05. The van der Waals surface area contributed by atoms with Crippen molar-refractivity contribution >= 4 is 15.9 Å². The number of unbranched alkanes of at least 4 members (excludes halogenated alkanes) is 5. The highest BCUT2D eigenvalue weighted by atomic mass is 79.9. The van der Waals surface area contributed by atoms with Gasteiger partial charge < -0.3 is 0 Å². The van der Waals surface area contributed by atoms with Crippen molar-refractivity contribution in [2.45, 2.75) is 70.5 Å². The first-order valence-corrected chi connectivity index (χ1v) is 6.74. The molecule has 0 heterocycles. The Morgan fingerprint density at radius 3 is 2.00 bits per heavy atom. The van der Waals surface area contributed by atoms with Gasteiger partial charge in [-0.3, -0.25) is 0 Å². The SMILES string of the molecule is CCCCCCCCC(Br)C(C)C. The van der Waals surface area contributed by atoms with Gasteiger partial charge in [-0.25, -0.2) is 0 Å². The van der Waals surface area contributed by atoms with E-state index in [1.54, 1.807) is 0 Å². The van der Waals surface area contributed by atoms with Crippen LogP contribution in [0.3, 0.4) is 0 Å². The summed E-state index contributed by atoms with van der Waals surface area (Å²) in [6.45, 7) is 6.85. The van der Waals surface area contributed by atoms with E-state index >= 15 is 0 Å². The molecule has 0 aliphatic heterocycles. The van der Waals surface area contributed by atoms with Crippen molar-refractivity contribution in [2.75, 3.05) is 0 Å². The smallest absolute Gasteiger partial charge is 0.0168 e. The van der Waals surface area contributed by atoms with Crippen LogP contribution in [0.2, 0.25) is 0 Å². The summed E-state index contributed by atoms with van der Waals surface area (Å²) >= 11 is 3.73. The molecule has 0 saturated heterocycles. The number of hydrogen-bond donors (Lipinski definition) is 0. The van der Waals surface area contributed by atoms with Crippen LogP contribution in [-0.4, -0.2) is 4.83 Å². The van der Waals surface area contributed by atoms with E-state index in [4.69, 9.17) is 0 Å². The fourth-order valence-corrected chi connectivity index (χ4v) is 1.78. The summed E-state index contributed by atoms with van der Waals surface area (Å²) in [5.74, 6) is 0.788. The minimum atomic E-state index is 0.735. The van der Waals surface area contributed by atoms with Crippen LogP contribution < -0.4 is 0 Å². The molecule has 80 valence electrons. The summed E-state index contributed by atoms with van der Waals surface area (Å²) in [6, 6.07) is 0. The zero-order valence-corrected chi connectivity index (χ0v) is 11.1. The van der Waals surface area contributed by atoms with Crippen LogP contribution in [0.1, 0.15) is 65.7 Å². The van der Waals surface area contributed by atoms with Gasteiger partial charge >= 0.3 is 0 Å². The first-order chi connectivity index (χ1) is 6.18. The van der Waals surface area contributed by atoms with Crippen LogP contribution in [0.5, 0.6) is 0 Å². The maximum Gasteiger partial charge on any atom is 0.0168 e. The van der Waals surface area contributed by atoms with Crippen LogP contribution in [0, 0.1) is 5.92 Å². The highest BCUT2D eigenvalue weighted by Gasteiger charge is 2.07. The molecule has 0 aliphatic carbocycles. The van der Waals surface area contributed by atoms with Gasteiger partial charge in [0.25, 0.3) is 0 Å². The lowest BCUT2D eigenvalue weighted by molar-refractivity contribution is 0.529. The lowest BCUT2D eigenvalue weighted by Gasteiger charge is -2.12. The maximum absolute atomic E-state index is 3.73. The Balaban J connectivity index is 3.07. The summed E-state index contributed by atoms with van der Waals surface area (Å²) in [6.07, 6.45) is 9.82. The molecule has 0 N–H and O–H groups in total. The lowest BCUT2D eigenvalue weighted by atomic mass is 10.0. The summed E-state index contributed by atoms with van der Waals surface area (Å²) in [4.78, 5) is 0.735. The molecule has 0 aromatic heterocycles. The summed E-state index contributed by atoms with van der Waals surface area (Å²) in [5, 5.41) is 0. The second-order valence-electron chi connectivity index (χ2n) is 4.32. The van der Waals surface area contributed by atoms with Gasteiger partial charge in [0.1, 0.15) is 0 Å². The van der Waals surface area contributed by atoms with E-state index in [-0.39, 0.29) is 0 Å². The third-order valence-electron chi connectivity index (χ3n) is 2.56. The van der Waals surface area contributed by atoms with Gasteiger partial charge in [-0.15, -0.1) is 0 Å². The Kier molecular flexibility index (Phi) is 9.39. The van der Waals surface area contributed by atoms with E-state index in [2.05, 4.69) is 36.7 Å². The molecular formula is C12H25Br. The first kappa shape index (κ1) is 13.5. The van der Waals surface area contributed by atoms with E-state index in [1.807, 2.05) is 0 Å². The zero-order valence-electron chi connectivity index (χ0n) is 9.48. The van der Waals surface area contributed by atoms with Gasteiger partial charge in [-0.05, 0) is 12.3 Å². The summed E-state index contributed by atoms with van der Waals surface area (Å²) < 4.78 is 0. The van der Waals surface area contributed by atoms with Crippen molar-refractivity contribution < 1.29 is 0 Å². The minimum absolute atomic E-state index is 0.735. The van der Waals surface area contributed by atoms with Gasteiger partial charge in [0.2, 0.25) is 0 Å². The number of halogens is 1. The standard InChI is InChI=1S/C12H25Br/c1-4-5-6-7-8-9-10-12(13)11(2)3/h11-12H,4-10H2,1-3H3. The molecular weight excluding hydrogens is 224 g/mol. The van der Waals surface area contributed by atoms with E-state index in [0.717, 1.165) is 10.7 Å². The quantitative estimate of drug-likeness (QED) is 0.412. The molecule has 1 heteroatoms. The third-order valence-corrected chi connectivity index (χ3v) is 4.07. The Hall–Kier alpha value is 0.480. The van der Waals surface area contributed by atoms with E-state index in [9.17, 15) is 0 Å².